The van der Waals surface area contributed by atoms with Crippen LogP contribution in [0.4, 0.5) is 0 Å². The van der Waals surface area contributed by atoms with Gasteiger partial charge in [-0.15, -0.1) is 11.3 Å². The first-order valence-corrected chi connectivity index (χ1v) is 9.59. The van der Waals surface area contributed by atoms with Crippen LogP contribution in [-0.4, -0.2) is 9.55 Å². The molecule has 0 radical (unpaired) electrons. The smallest absolute Gasteiger partial charge is 0.262 e. The number of aromatic nitrogens is 2. The molecule has 26 heavy (non-hydrogen) atoms. The van der Waals surface area contributed by atoms with Gasteiger partial charge in [-0.1, -0.05) is 59.6 Å². The second-order valence-electron chi connectivity index (χ2n) is 6.02. The van der Waals surface area contributed by atoms with E-state index in [4.69, 9.17) is 23.2 Å². The molecule has 0 aliphatic rings. The van der Waals surface area contributed by atoms with E-state index in [1.165, 1.54) is 0 Å². The van der Waals surface area contributed by atoms with Gasteiger partial charge in [0.25, 0.3) is 5.56 Å². The average molecular weight is 401 g/mol. The highest BCUT2D eigenvalue weighted by atomic mass is 35.5. The van der Waals surface area contributed by atoms with Crippen molar-refractivity contribution in [1.29, 1.82) is 0 Å². The van der Waals surface area contributed by atoms with E-state index < -0.39 is 0 Å². The van der Waals surface area contributed by atoms with E-state index in [0.717, 1.165) is 26.4 Å². The fraction of sp³-hybridized carbons (Fsp3) is 0.100. The Balaban J connectivity index is 1.82. The first-order valence-electron chi connectivity index (χ1n) is 8.02. The molecule has 6 heteroatoms. The summed E-state index contributed by atoms with van der Waals surface area (Å²) in [6.45, 7) is 2.33. The van der Waals surface area contributed by atoms with Crippen LogP contribution in [0.15, 0.2) is 59.7 Å². The van der Waals surface area contributed by atoms with Crippen molar-refractivity contribution in [2.75, 3.05) is 0 Å². The van der Waals surface area contributed by atoms with Crippen LogP contribution in [0.5, 0.6) is 0 Å². The highest BCUT2D eigenvalue weighted by Gasteiger charge is 2.16. The summed E-state index contributed by atoms with van der Waals surface area (Å²) >= 11 is 13.7. The Hall–Kier alpha value is -2.14. The summed E-state index contributed by atoms with van der Waals surface area (Å²) in [5.41, 5.74) is 2.83. The van der Waals surface area contributed by atoms with Gasteiger partial charge in [0.15, 0.2) is 0 Å². The lowest BCUT2D eigenvalue weighted by atomic mass is 10.1. The van der Waals surface area contributed by atoms with Crippen molar-refractivity contribution in [3.05, 3.63) is 86.4 Å². The van der Waals surface area contributed by atoms with Gasteiger partial charge in [-0.2, -0.15) is 0 Å². The Kier molecular flexibility index (Phi) is 4.57. The first kappa shape index (κ1) is 17.3. The van der Waals surface area contributed by atoms with Crippen LogP contribution in [0.1, 0.15) is 11.1 Å². The van der Waals surface area contributed by atoms with Crippen LogP contribution in [0.25, 0.3) is 20.7 Å². The van der Waals surface area contributed by atoms with E-state index in [9.17, 15) is 4.79 Å². The van der Waals surface area contributed by atoms with Crippen molar-refractivity contribution in [3.8, 4) is 10.4 Å². The van der Waals surface area contributed by atoms with Crippen molar-refractivity contribution >= 4 is 44.8 Å². The Morgan fingerprint density at radius 1 is 1.12 bits per heavy atom. The molecule has 0 amide bonds. The number of hydrogen-bond acceptors (Lipinski definition) is 3. The molecular formula is C20H14Cl2N2OS. The minimum absolute atomic E-state index is 0.0584. The highest BCUT2D eigenvalue weighted by molar-refractivity contribution is 7.22. The second kappa shape index (κ2) is 6.88. The first-order chi connectivity index (χ1) is 12.5. The van der Waals surface area contributed by atoms with Gasteiger partial charge in [-0.3, -0.25) is 9.36 Å². The van der Waals surface area contributed by atoms with Crippen LogP contribution in [0.2, 0.25) is 10.0 Å². The lowest BCUT2D eigenvalue weighted by Crippen LogP contribution is -2.21. The fourth-order valence-corrected chi connectivity index (χ4v) is 4.58. The number of nitrogens with zero attached hydrogens (tertiary/aromatic N) is 2. The molecule has 0 atom stereocenters. The van der Waals surface area contributed by atoms with Crippen LogP contribution in [0, 0.1) is 6.92 Å². The monoisotopic (exact) mass is 400 g/mol. The van der Waals surface area contributed by atoms with Gasteiger partial charge in [0, 0.05) is 14.9 Å². The van der Waals surface area contributed by atoms with E-state index in [1.807, 2.05) is 43.3 Å². The fourth-order valence-electron chi connectivity index (χ4n) is 2.97. The van der Waals surface area contributed by atoms with Crippen molar-refractivity contribution in [2.45, 2.75) is 13.5 Å². The van der Waals surface area contributed by atoms with Gasteiger partial charge in [0.1, 0.15) is 4.83 Å². The minimum atomic E-state index is -0.0584. The topological polar surface area (TPSA) is 34.9 Å². The van der Waals surface area contributed by atoms with Crippen LogP contribution < -0.4 is 5.56 Å². The Morgan fingerprint density at radius 3 is 2.62 bits per heavy atom. The Morgan fingerprint density at radius 2 is 1.88 bits per heavy atom. The Bertz CT molecular complexity index is 1170. The molecule has 3 nitrogen and oxygen atoms in total. The molecule has 0 unspecified atom stereocenters. The minimum Gasteiger partial charge on any atom is -0.294 e. The van der Waals surface area contributed by atoms with E-state index in [-0.39, 0.29) is 5.56 Å². The van der Waals surface area contributed by atoms with Crippen LogP contribution in [0.3, 0.4) is 0 Å². The SMILES string of the molecule is Cc1c(-c2ccccc2)sc2ncn(Cc3ccc(Cl)cc3Cl)c(=O)c12. The lowest BCUT2D eigenvalue weighted by Gasteiger charge is -2.08. The number of thiophene rings is 1. The molecule has 0 aliphatic carbocycles. The summed E-state index contributed by atoms with van der Waals surface area (Å²) < 4.78 is 1.59. The summed E-state index contributed by atoms with van der Waals surface area (Å²) in [5.74, 6) is 0. The van der Waals surface area contributed by atoms with Crippen molar-refractivity contribution in [3.63, 3.8) is 0 Å². The zero-order valence-electron chi connectivity index (χ0n) is 13.9. The van der Waals surface area contributed by atoms with Gasteiger partial charge < -0.3 is 0 Å². The van der Waals surface area contributed by atoms with E-state index in [0.29, 0.717) is 22.0 Å². The summed E-state index contributed by atoms with van der Waals surface area (Å²) in [4.78, 5) is 19.4. The largest absolute Gasteiger partial charge is 0.294 e. The molecule has 2 aromatic carbocycles. The maximum Gasteiger partial charge on any atom is 0.262 e. The van der Waals surface area contributed by atoms with Crippen molar-refractivity contribution < 1.29 is 0 Å². The molecule has 0 saturated carbocycles. The quantitative estimate of drug-likeness (QED) is 0.436. The molecule has 2 aromatic heterocycles. The lowest BCUT2D eigenvalue weighted by molar-refractivity contribution is 0.749. The number of rotatable bonds is 3. The summed E-state index contributed by atoms with van der Waals surface area (Å²) in [6.07, 6.45) is 1.58. The van der Waals surface area contributed by atoms with E-state index in [2.05, 4.69) is 4.98 Å². The van der Waals surface area contributed by atoms with E-state index >= 15 is 0 Å². The molecule has 2 heterocycles. The third kappa shape index (κ3) is 3.05. The Labute approximate surface area is 164 Å². The molecule has 0 spiro atoms. The molecule has 0 fully saturated rings. The maximum absolute atomic E-state index is 13.0. The van der Waals surface area contributed by atoms with E-state index in [1.54, 1.807) is 34.4 Å². The maximum atomic E-state index is 13.0. The standard InChI is InChI=1S/C20H14Cl2N2OS/c1-12-17-19(26-18(12)13-5-3-2-4-6-13)23-11-24(20(17)25)10-14-7-8-15(21)9-16(14)22/h2-9,11H,10H2,1H3. The van der Waals surface area contributed by atoms with Crippen LogP contribution in [-0.2, 0) is 6.54 Å². The normalized spacial score (nSPS) is 11.2. The predicted molar refractivity (Wildman–Crippen MR) is 110 cm³/mol. The molecule has 4 aromatic rings. The number of fused-ring (bicyclic) bond motifs is 1. The summed E-state index contributed by atoms with van der Waals surface area (Å²) in [6, 6.07) is 15.3. The van der Waals surface area contributed by atoms with Gasteiger partial charge in [-0.25, -0.2) is 4.98 Å². The van der Waals surface area contributed by atoms with Gasteiger partial charge >= 0.3 is 0 Å². The second-order valence-corrected chi connectivity index (χ2v) is 7.86. The number of aryl methyl sites for hydroxylation is 1. The molecule has 0 saturated heterocycles. The van der Waals surface area contributed by atoms with Crippen molar-refractivity contribution in [1.82, 2.24) is 9.55 Å². The predicted octanol–water partition coefficient (Wildman–Crippen LogP) is 5.79. The third-order valence-electron chi connectivity index (χ3n) is 4.31. The van der Waals surface area contributed by atoms with Crippen LogP contribution >= 0.6 is 34.5 Å². The van der Waals surface area contributed by atoms with Gasteiger partial charge in [0.05, 0.1) is 18.3 Å². The van der Waals surface area contributed by atoms with Crippen molar-refractivity contribution in [2.24, 2.45) is 0 Å². The molecule has 130 valence electrons. The molecule has 4 rings (SSSR count). The number of halogens is 2. The zero-order valence-corrected chi connectivity index (χ0v) is 16.2. The summed E-state index contributed by atoms with van der Waals surface area (Å²) in [5, 5.41) is 1.78. The average Bonchev–Trinajstić information content (AvgIpc) is 2.97. The molecule has 0 bridgehead atoms. The molecular weight excluding hydrogens is 387 g/mol. The number of benzene rings is 2. The van der Waals surface area contributed by atoms with Gasteiger partial charge in [-0.05, 0) is 35.7 Å². The molecule has 0 aliphatic heterocycles. The third-order valence-corrected chi connectivity index (χ3v) is 6.14. The summed E-state index contributed by atoms with van der Waals surface area (Å²) in [7, 11) is 0. The number of hydrogen-bond donors (Lipinski definition) is 0. The molecule has 0 N–H and O–H groups in total. The highest BCUT2D eigenvalue weighted by Crippen LogP contribution is 2.35. The van der Waals surface area contributed by atoms with Gasteiger partial charge in [0.2, 0.25) is 0 Å². The zero-order chi connectivity index (χ0) is 18.3.